The number of benzene rings is 1. The van der Waals surface area contributed by atoms with Gasteiger partial charge in [-0.1, -0.05) is 12.8 Å². The predicted octanol–water partition coefficient (Wildman–Crippen LogP) is 3.98. The first-order valence-electron chi connectivity index (χ1n) is 8.13. The van der Waals surface area contributed by atoms with E-state index in [0.717, 1.165) is 23.3 Å². The van der Waals surface area contributed by atoms with Gasteiger partial charge in [-0.05, 0) is 55.7 Å². The molecular formula is C18H26O3. The van der Waals surface area contributed by atoms with Crippen molar-refractivity contribution in [1.82, 2.24) is 0 Å². The summed E-state index contributed by atoms with van der Waals surface area (Å²) >= 11 is 0. The fraction of sp³-hybridized carbons (Fsp3) is 0.667. The van der Waals surface area contributed by atoms with Gasteiger partial charge in [-0.25, -0.2) is 0 Å². The molecule has 0 aliphatic heterocycles. The minimum Gasteiger partial charge on any atom is -0.491 e. The van der Waals surface area contributed by atoms with E-state index in [1.54, 1.807) is 7.11 Å². The van der Waals surface area contributed by atoms with Crippen molar-refractivity contribution in [2.24, 2.45) is 11.8 Å². The van der Waals surface area contributed by atoms with E-state index in [4.69, 9.17) is 14.2 Å². The molecule has 2 bridgehead atoms. The smallest absolute Gasteiger partial charge is 0.123 e. The average Bonchev–Trinajstić information content (AvgIpc) is 2.78. The first kappa shape index (κ1) is 14.7. The summed E-state index contributed by atoms with van der Waals surface area (Å²) < 4.78 is 17.0. The lowest BCUT2D eigenvalue weighted by Gasteiger charge is -2.28. The lowest BCUT2D eigenvalue weighted by atomic mass is 9.87. The van der Waals surface area contributed by atoms with Gasteiger partial charge in [-0.3, -0.25) is 0 Å². The van der Waals surface area contributed by atoms with E-state index in [-0.39, 0.29) is 0 Å². The fourth-order valence-electron chi connectivity index (χ4n) is 3.84. The van der Waals surface area contributed by atoms with Crippen LogP contribution in [0.15, 0.2) is 18.2 Å². The molecule has 21 heavy (non-hydrogen) atoms. The molecule has 0 heterocycles. The highest BCUT2D eigenvalue weighted by Gasteiger charge is 2.35. The lowest BCUT2D eigenvalue weighted by molar-refractivity contribution is 0.117. The average molecular weight is 290 g/mol. The van der Waals surface area contributed by atoms with Gasteiger partial charge in [0.1, 0.15) is 18.1 Å². The Morgan fingerprint density at radius 1 is 0.952 bits per heavy atom. The topological polar surface area (TPSA) is 27.7 Å². The van der Waals surface area contributed by atoms with Gasteiger partial charge in [0.2, 0.25) is 0 Å². The molecule has 3 rings (SSSR count). The van der Waals surface area contributed by atoms with Crippen molar-refractivity contribution >= 4 is 0 Å². The van der Waals surface area contributed by atoms with E-state index in [1.807, 2.05) is 12.1 Å². The van der Waals surface area contributed by atoms with Gasteiger partial charge in [0.15, 0.2) is 0 Å². The molecule has 0 amide bonds. The summed E-state index contributed by atoms with van der Waals surface area (Å²) in [6.45, 7) is 3.27. The third kappa shape index (κ3) is 3.91. The van der Waals surface area contributed by atoms with Crippen LogP contribution in [-0.4, -0.2) is 26.4 Å². The third-order valence-electron chi connectivity index (χ3n) is 4.73. The molecule has 1 aromatic carbocycles. The molecule has 1 aromatic rings. The summed E-state index contributed by atoms with van der Waals surface area (Å²) in [5, 5.41) is 0. The van der Waals surface area contributed by atoms with Crippen LogP contribution in [0.4, 0.5) is 0 Å². The van der Waals surface area contributed by atoms with Crippen molar-refractivity contribution in [3.63, 3.8) is 0 Å². The van der Waals surface area contributed by atoms with E-state index in [1.165, 1.54) is 37.7 Å². The molecule has 0 spiro atoms. The van der Waals surface area contributed by atoms with Gasteiger partial charge in [-0.15, -0.1) is 0 Å². The minimum absolute atomic E-state index is 0.393. The Bertz CT molecular complexity index is 460. The first-order chi connectivity index (χ1) is 10.2. The second kappa shape index (κ2) is 6.69. The van der Waals surface area contributed by atoms with Gasteiger partial charge < -0.3 is 14.2 Å². The van der Waals surface area contributed by atoms with Crippen LogP contribution in [0.2, 0.25) is 0 Å². The maximum absolute atomic E-state index is 6.25. The molecule has 0 N–H and O–H groups in total. The van der Waals surface area contributed by atoms with Crippen molar-refractivity contribution in [2.75, 3.05) is 20.3 Å². The Kier molecular flexibility index (Phi) is 4.69. The Morgan fingerprint density at radius 3 is 2.38 bits per heavy atom. The monoisotopic (exact) mass is 290 g/mol. The molecule has 0 saturated heterocycles. The molecule has 116 valence electrons. The van der Waals surface area contributed by atoms with E-state index in [2.05, 4.69) is 13.0 Å². The highest BCUT2D eigenvalue weighted by molar-refractivity contribution is 5.38. The molecule has 0 radical (unpaired) electrons. The minimum atomic E-state index is 0.393. The Hall–Kier alpha value is -1.22. The Balaban J connectivity index is 1.61. The molecule has 2 aliphatic rings. The van der Waals surface area contributed by atoms with Gasteiger partial charge in [0.05, 0.1) is 12.7 Å². The predicted molar refractivity (Wildman–Crippen MR) is 83.0 cm³/mol. The van der Waals surface area contributed by atoms with E-state index >= 15 is 0 Å². The van der Waals surface area contributed by atoms with Crippen LogP contribution in [0.25, 0.3) is 0 Å². The molecule has 3 heteroatoms. The van der Waals surface area contributed by atoms with Crippen LogP contribution in [0.3, 0.4) is 0 Å². The van der Waals surface area contributed by atoms with Crippen molar-refractivity contribution < 1.29 is 14.2 Å². The number of hydrogen-bond donors (Lipinski definition) is 0. The zero-order valence-electron chi connectivity index (χ0n) is 13.1. The van der Waals surface area contributed by atoms with Crippen molar-refractivity contribution in [2.45, 2.75) is 45.1 Å². The molecule has 2 aliphatic carbocycles. The summed E-state index contributed by atoms with van der Waals surface area (Å²) in [5.74, 6) is 3.63. The molecule has 3 nitrogen and oxygen atoms in total. The van der Waals surface area contributed by atoms with Gasteiger partial charge >= 0.3 is 0 Å². The number of aryl methyl sites for hydroxylation is 1. The lowest BCUT2D eigenvalue weighted by Crippen LogP contribution is -2.26. The van der Waals surface area contributed by atoms with Crippen molar-refractivity contribution in [1.29, 1.82) is 0 Å². The summed E-state index contributed by atoms with van der Waals surface area (Å²) in [6, 6.07) is 6.17. The standard InChI is InChI=1S/C18H26O3/c1-13-7-16(20-6-5-19-2)12-17(8-13)21-18-10-14-3-4-15(9-14)11-18/h7-8,12,14-15,18H,3-6,9-11H2,1-2H3/t14-,15+,18?. The van der Waals surface area contributed by atoms with Gasteiger partial charge in [-0.2, -0.15) is 0 Å². The normalized spacial score (nSPS) is 27.6. The summed E-state index contributed by atoms with van der Waals surface area (Å²) in [4.78, 5) is 0. The maximum atomic E-state index is 6.25. The largest absolute Gasteiger partial charge is 0.491 e. The van der Waals surface area contributed by atoms with E-state index < -0.39 is 0 Å². The molecular weight excluding hydrogens is 264 g/mol. The highest BCUT2D eigenvalue weighted by atomic mass is 16.5. The molecule has 0 aromatic heterocycles. The second-order valence-corrected chi connectivity index (χ2v) is 6.58. The SMILES string of the molecule is COCCOc1cc(C)cc(OC2C[C@H]3CC[C@@H](C2)C3)c1. The van der Waals surface area contributed by atoms with Gasteiger partial charge in [0, 0.05) is 13.2 Å². The number of methoxy groups -OCH3 is 1. The van der Waals surface area contributed by atoms with E-state index in [0.29, 0.717) is 19.3 Å². The molecule has 2 saturated carbocycles. The zero-order valence-corrected chi connectivity index (χ0v) is 13.1. The zero-order chi connectivity index (χ0) is 14.7. The van der Waals surface area contributed by atoms with E-state index in [9.17, 15) is 0 Å². The number of hydrogen-bond acceptors (Lipinski definition) is 3. The highest BCUT2D eigenvalue weighted by Crippen LogP contribution is 2.43. The van der Waals surface area contributed by atoms with Crippen LogP contribution < -0.4 is 9.47 Å². The summed E-state index contributed by atoms with van der Waals surface area (Å²) in [5.41, 5.74) is 1.18. The quantitative estimate of drug-likeness (QED) is 0.742. The molecule has 2 fully saturated rings. The second-order valence-electron chi connectivity index (χ2n) is 6.58. The molecule has 1 unspecified atom stereocenters. The third-order valence-corrected chi connectivity index (χ3v) is 4.73. The van der Waals surface area contributed by atoms with Crippen LogP contribution in [0, 0.1) is 18.8 Å². The van der Waals surface area contributed by atoms with Gasteiger partial charge in [0.25, 0.3) is 0 Å². The first-order valence-corrected chi connectivity index (χ1v) is 8.13. The maximum Gasteiger partial charge on any atom is 0.123 e. The Morgan fingerprint density at radius 2 is 1.67 bits per heavy atom. The van der Waals surface area contributed by atoms with Crippen LogP contribution in [0.1, 0.15) is 37.7 Å². The molecule has 3 atom stereocenters. The number of ether oxygens (including phenoxy) is 3. The van der Waals surface area contributed by atoms with Crippen LogP contribution in [0.5, 0.6) is 11.5 Å². The van der Waals surface area contributed by atoms with Crippen LogP contribution >= 0.6 is 0 Å². The number of rotatable bonds is 6. The Labute approximate surface area is 127 Å². The van der Waals surface area contributed by atoms with Crippen molar-refractivity contribution in [3.8, 4) is 11.5 Å². The van der Waals surface area contributed by atoms with Crippen LogP contribution in [-0.2, 0) is 4.74 Å². The number of fused-ring (bicyclic) bond motifs is 2. The van der Waals surface area contributed by atoms with Crippen molar-refractivity contribution in [3.05, 3.63) is 23.8 Å². The fourth-order valence-corrected chi connectivity index (χ4v) is 3.84. The summed E-state index contributed by atoms with van der Waals surface area (Å²) in [6.07, 6.45) is 7.09. The summed E-state index contributed by atoms with van der Waals surface area (Å²) in [7, 11) is 1.69.